The second-order valence-electron chi connectivity index (χ2n) is 3.65. The molecule has 0 saturated carbocycles. The molecule has 1 fully saturated rings. The summed E-state index contributed by atoms with van der Waals surface area (Å²) in [4.78, 5) is 0. The van der Waals surface area contributed by atoms with E-state index in [0.29, 0.717) is 4.47 Å². The van der Waals surface area contributed by atoms with Gasteiger partial charge < -0.3 is 5.32 Å². The van der Waals surface area contributed by atoms with Crippen LogP contribution in [-0.4, -0.2) is 6.54 Å². The summed E-state index contributed by atoms with van der Waals surface area (Å²) in [6.07, 6.45) is 3.42. The van der Waals surface area contributed by atoms with E-state index < -0.39 is 0 Å². The lowest BCUT2D eigenvalue weighted by atomic mass is 9.97. The molecule has 0 radical (unpaired) electrons. The van der Waals surface area contributed by atoms with Gasteiger partial charge in [0.05, 0.1) is 4.47 Å². The summed E-state index contributed by atoms with van der Waals surface area (Å²) in [7, 11) is 0. The van der Waals surface area contributed by atoms with Crippen LogP contribution in [0.4, 0.5) is 4.39 Å². The van der Waals surface area contributed by atoms with Crippen LogP contribution >= 0.6 is 15.9 Å². The van der Waals surface area contributed by atoms with E-state index in [4.69, 9.17) is 0 Å². The summed E-state index contributed by atoms with van der Waals surface area (Å²) in [6, 6.07) is 5.69. The predicted molar refractivity (Wildman–Crippen MR) is 58.7 cm³/mol. The third-order valence-electron chi connectivity index (χ3n) is 2.67. The minimum atomic E-state index is -0.119. The van der Waals surface area contributed by atoms with Gasteiger partial charge >= 0.3 is 0 Å². The highest BCUT2D eigenvalue weighted by molar-refractivity contribution is 9.10. The lowest BCUT2D eigenvalue weighted by molar-refractivity contribution is 0.399. The van der Waals surface area contributed by atoms with Gasteiger partial charge in [0.1, 0.15) is 5.82 Å². The smallest absolute Gasteiger partial charge is 0.142 e. The highest BCUT2D eigenvalue weighted by Crippen LogP contribution is 2.28. The summed E-state index contributed by atoms with van der Waals surface area (Å²) < 4.78 is 14.3. The summed E-state index contributed by atoms with van der Waals surface area (Å²) in [6.45, 7) is 0.997. The largest absolute Gasteiger partial charge is 0.310 e. The van der Waals surface area contributed by atoms with Crippen molar-refractivity contribution in [3.8, 4) is 0 Å². The molecule has 1 aromatic rings. The monoisotopic (exact) mass is 257 g/mol. The van der Waals surface area contributed by atoms with Gasteiger partial charge in [-0.3, -0.25) is 0 Å². The zero-order valence-corrected chi connectivity index (χ0v) is 9.48. The van der Waals surface area contributed by atoms with E-state index in [0.717, 1.165) is 18.5 Å². The van der Waals surface area contributed by atoms with Crippen molar-refractivity contribution in [3.05, 3.63) is 34.1 Å². The van der Waals surface area contributed by atoms with Crippen LogP contribution in [0.2, 0.25) is 0 Å². The number of hydrogen-bond acceptors (Lipinski definition) is 1. The number of nitrogens with one attached hydrogen (secondary N) is 1. The van der Waals surface area contributed by atoms with E-state index in [1.54, 1.807) is 6.07 Å². The Morgan fingerprint density at radius 3 is 2.93 bits per heavy atom. The summed E-state index contributed by atoms with van der Waals surface area (Å²) in [5.41, 5.74) is 0.791. The predicted octanol–water partition coefficient (Wildman–Crippen LogP) is 3.40. The highest BCUT2D eigenvalue weighted by atomic mass is 79.9. The molecule has 2 rings (SSSR count). The first kappa shape index (κ1) is 10.1. The lowest BCUT2D eigenvalue weighted by Crippen LogP contribution is -2.27. The van der Waals surface area contributed by atoms with Crippen molar-refractivity contribution in [2.75, 3.05) is 6.54 Å². The first-order chi connectivity index (χ1) is 6.79. The Labute approximate surface area is 91.8 Å². The molecule has 1 atom stereocenters. The average molecular weight is 258 g/mol. The van der Waals surface area contributed by atoms with E-state index in [9.17, 15) is 4.39 Å². The zero-order chi connectivity index (χ0) is 9.97. The third kappa shape index (κ3) is 1.98. The normalized spacial score (nSPS) is 22.3. The van der Waals surface area contributed by atoms with Gasteiger partial charge in [0.2, 0.25) is 0 Å². The Morgan fingerprint density at radius 1 is 1.36 bits per heavy atom. The summed E-state index contributed by atoms with van der Waals surface area (Å²) >= 11 is 3.21. The van der Waals surface area contributed by atoms with Crippen LogP contribution in [0.25, 0.3) is 0 Å². The molecule has 1 heterocycles. The summed E-state index contributed by atoms with van der Waals surface area (Å²) in [5.74, 6) is -0.119. The van der Waals surface area contributed by atoms with E-state index in [1.807, 2.05) is 12.1 Å². The molecule has 0 bridgehead atoms. The molecule has 0 spiro atoms. The fraction of sp³-hybridized carbons (Fsp3) is 0.455. The van der Waals surface area contributed by atoms with Gasteiger partial charge in [-0.05, 0) is 41.4 Å². The Hall–Kier alpha value is -0.410. The maximum Gasteiger partial charge on any atom is 0.142 e. The summed E-state index contributed by atoms with van der Waals surface area (Å²) in [5, 5.41) is 3.34. The van der Waals surface area contributed by atoms with Crippen molar-refractivity contribution >= 4 is 15.9 Å². The van der Waals surface area contributed by atoms with E-state index in [-0.39, 0.29) is 11.9 Å². The number of hydrogen-bond donors (Lipinski definition) is 1. The molecular formula is C11H13BrFN. The average Bonchev–Trinajstić information content (AvgIpc) is 2.23. The van der Waals surface area contributed by atoms with Crippen molar-refractivity contribution in [3.63, 3.8) is 0 Å². The molecule has 1 N–H and O–H groups in total. The fourth-order valence-electron chi connectivity index (χ4n) is 1.91. The SMILES string of the molecule is Fc1c(Br)cccc1C1CCCCN1. The number of piperidine rings is 1. The van der Waals surface area contributed by atoms with Crippen molar-refractivity contribution in [1.82, 2.24) is 5.32 Å². The Balaban J connectivity index is 2.26. The molecule has 14 heavy (non-hydrogen) atoms. The highest BCUT2D eigenvalue weighted by Gasteiger charge is 2.18. The van der Waals surface area contributed by atoms with Crippen LogP contribution in [0.15, 0.2) is 22.7 Å². The first-order valence-electron chi connectivity index (χ1n) is 4.96. The van der Waals surface area contributed by atoms with Crippen LogP contribution in [-0.2, 0) is 0 Å². The molecular weight excluding hydrogens is 245 g/mol. The van der Waals surface area contributed by atoms with Gasteiger partial charge in [0.25, 0.3) is 0 Å². The quantitative estimate of drug-likeness (QED) is 0.814. The molecule has 3 heteroatoms. The molecule has 1 aliphatic heterocycles. The third-order valence-corrected chi connectivity index (χ3v) is 3.28. The standard InChI is InChI=1S/C11H13BrFN/c12-9-5-3-4-8(11(9)13)10-6-1-2-7-14-10/h3-5,10,14H,1-2,6-7H2. The second-order valence-corrected chi connectivity index (χ2v) is 4.50. The molecule has 1 unspecified atom stereocenters. The number of benzene rings is 1. The molecule has 1 nitrogen and oxygen atoms in total. The van der Waals surface area contributed by atoms with Crippen molar-refractivity contribution in [2.24, 2.45) is 0 Å². The van der Waals surface area contributed by atoms with Gasteiger partial charge in [-0.25, -0.2) is 4.39 Å². The molecule has 0 amide bonds. The van der Waals surface area contributed by atoms with E-state index in [2.05, 4.69) is 21.2 Å². The fourth-order valence-corrected chi connectivity index (χ4v) is 2.29. The van der Waals surface area contributed by atoms with E-state index >= 15 is 0 Å². The topological polar surface area (TPSA) is 12.0 Å². The van der Waals surface area contributed by atoms with Crippen LogP contribution in [0.1, 0.15) is 30.9 Å². The van der Waals surface area contributed by atoms with Crippen LogP contribution < -0.4 is 5.32 Å². The van der Waals surface area contributed by atoms with Crippen LogP contribution in [0.5, 0.6) is 0 Å². The van der Waals surface area contributed by atoms with Gasteiger partial charge in [-0.1, -0.05) is 18.6 Å². The van der Waals surface area contributed by atoms with Gasteiger partial charge in [-0.2, -0.15) is 0 Å². The Kier molecular flexibility index (Phi) is 3.19. The van der Waals surface area contributed by atoms with Gasteiger partial charge in [-0.15, -0.1) is 0 Å². The molecule has 1 aromatic carbocycles. The van der Waals surface area contributed by atoms with Crippen molar-refractivity contribution < 1.29 is 4.39 Å². The minimum absolute atomic E-state index is 0.119. The van der Waals surface area contributed by atoms with Crippen LogP contribution in [0.3, 0.4) is 0 Å². The Bertz CT molecular complexity index is 321. The minimum Gasteiger partial charge on any atom is -0.310 e. The maximum absolute atomic E-state index is 13.7. The molecule has 1 saturated heterocycles. The van der Waals surface area contributed by atoms with Crippen molar-refractivity contribution in [2.45, 2.75) is 25.3 Å². The number of rotatable bonds is 1. The molecule has 0 aliphatic carbocycles. The van der Waals surface area contributed by atoms with Gasteiger partial charge in [0, 0.05) is 11.6 Å². The second kappa shape index (κ2) is 4.41. The van der Waals surface area contributed by atoms with Crippen LogP contribution in [0, 0.1) is 5.82 Å². The Morgan fingerprint density at radius 2 is 2.21 bits per heavy atom. The maximum atomic E-state index is 13.7. The molecule has 1 aliphatic rings. The molecule has 76 valence electrons. The number of halogens is 2. The first-order valence-corrected chi connectivity index (χ1v) is 5.75. The zero-order valence-electron chi connectivity index (χ0n) is 7.89. The van der Waals surface area contributed by atoms with E-state index in [1.165, 1.54) is 12.8 Å². The van der Waals surface area contributed by atoms with Gasteiger partial charge in [0.15, 0.2) is 0 Å². The van der Waals surface area contributed by atoms with Crippen molar-refractivity contribution in [1.29, 1.82) is 0 Å². The molecule has 0 aromatic heterocycles. The lowest BCUT2D eigenvalue weighted by Gasteiger charge is -2.24.